The number of rotatable bonds is 3. The normalized spacial score (nSPS) is 22.6. The van der Waals surface area contributed by atoms with Crippen molar-refractivity contribution in [2.45, 2.75) is 31.8 Å². The molecule has 2 aromatic heterocycles. The van der Waals surface area contributed by atoms with E-state index in [0.29, 0.717) is 28.9 Å². The lowest BCUT2D eigenvalue weighted by Gasteiger charge is -2.47. The van der Waals surface area contributed by atoms with Gasteiger partial charge in [0.1, 0.15) is 5.69 Å². The Labute approximate surface area is 168 Å². The number of likely N-dealkylation sites (tertiary alicyclic amines) is 2. The molecule has 1 amide bonds. The molecular weight excluding hydrogens is 368 g/mol. The number of nitrogens with zero attached hydrogens (tertiary/aromatic N) is 3. The van der Waals surface area contributed by atoms with E-state index in [4.69, 9.17) is 4.42 Å². The Morgan fingerprint density at radius 3 is 2.86 bits per heavy atom. The maximum Gasteiger partial charge on any atom is 0.418 e. The topological polar surface area (TPSA) is 82.4 Å². The fraction of sp³-hybridized carbons (Fsp3) is 0.409. The number of carbonyl (C=O) groups is 1. The molecule has 2 aliphatic rings. The molecule has 1 aromatic carbocycles. The van der Waals surface area contributed by atoms with Gasteiger partial charge in [0.15, 0.2) is 11.2 Å². The zero-order valence-corrected chi connectivity index (χ0v) is 16.2. The van der Waals surface area contributed by atoms with E-state index in [1.165, 1.54) is 5.56 Å². The number of H-pyrrole nitrogens is 1. The lowest BCUT2D eigenvalue weighted by Crippen LogP contribution is -2.54. The number of aromatic amines is 1. The van der Waals surface area contributed by atoms with Crippen LogP contribution >= 0.6 is 0 Å². The summed E-state index contributed by atoms with van der Waals surface area (Å²) in [6, 6.07) is 14.4. The SMILES string of the molecule is O=C(c1ccc2oc(=O)[nH]c2n1)N1CCC2C(CCCN2Cc2ccccc2)C1. The van der Waals surface area contributed by atoms with Crippen molar-refractivity contribution >= 4 is 17.1 Å². The Hall–Kier alpha value is -2.93. The Bertz CT molecular complexity index is 1070. The summed E-state index contributed by atoms with van der Waals surface area (Å²) in [5, 5.41) is 0. The quantitative estimate of drug-likeness (QED) is 0.741. The highest BCUT2D eigenvalue weighted by Crippen LogP contribution is 2.32. The Balaban J connectivity index is 1.29. The number of fused-ring (bicyclic) bond motifs is 2. The summed E-state index contributed by atoms with van der Waals surface area (Å²) in [5.74, 6) is -0.145. The molecule has 7 heteroatoms. The molecule has 2 fully saturated rings. The standard InChI is InChI=1S/C22H24N4O3/c27-21(17-8-9-19-20(23-17)24-22(28)29-19)26-12-10-18-16(14-26)7-4-11-25(18)13-15-5-2-1-3-6-15/h1-3,5-6,8-9,16,18H,4,7,10-14H2,(H,23,24,28). The smallest absolute Gasteiger partial charge is 0.406 e. The van der Waals surface area contributed by atoms with Gasteiger partial charge < -0.3 is 9.32 Å². The second kappa shape index (κ2) is 7.48. The Kier molecular flexibility index (Phi) is 4.67. The van der Waals surface area contributed by atoms with Crippen molar-refractivity contribution in [1.29, 1.82) is 0 Å². The molecule has 2 atom stereocenters. The van der Waals surface area contributed by atoms with E-state index < -0.39 is 5.76 Å². The third-order valence-corrected chi connectivity index (χ3v) is 6.20. The number of pyridine rings is 1. The zero-order valence-electron chi connectivity index (χ0n) is 16.2. The summed E-state index contributed by atoms with van der Waals surface area (Å²) in [7, 11) is 0. The third-order valence-electron chi connectivity index (χ3n) is 6.20. The van der Waals surface area contributed by atoms with Crippen LogP contribution in [0.4, 0.5) is 0 Å². The van der Waals surface area contributed by atoms with Gasteiger partial charge in [-0.1, -0.05) is 30.3 Å². The fourth-order valence-corrected chi connectivity index (χ4v) is 4.83. The van der Waals surface area contributed by atoms with E-state index in [-0.39, 0.29) is 5.91 Å². The van der Waals surface area contributed by atoms with E-state index in [1.807, 2.05) is 4.90 Å². The molecular formula is C22H24N4O3. The first-order valence-corrected chi connectivity index (χ1v) is 10.2. The summed E-state index contributed by atoms with van der Waals surface area (Å²) in [5.41, 5.74) is 2.39. The Morgan fingerprint density at radius 2 is 2.00 bits per heavy atom. The highest BCUT2D eigenvalue weighted by Gasteiger charge is 2.37. The van der Waals surface area contributed by atoms with Gasteiger partial charge in [-0.15, -0.1) is 0 Å². The molecule has 0 aliphatic carbocycles. The van der Waals surface area contributed by atoms with Gasteiger partial charge in [-0.05, 0) is 49.4 Å². The predicted molar refractivity (Wildman–Crippen MR) is 109 cm³/mol. The fourth-order valence-electron chi connectivity index (χ4n) is 4.83. The van der Waals surface area contributed by atoms with Crippen LogP contribution in [-0.2, 0) is 6.54 Å². The van der Waals surface area contributed by atoms with Gasteiger partial charge in [-0.2, -0.15) is 0 Å². The first kappa shape index (κ1) is 18.1. The van der Waals surface area contributed by atoms with Gasteiger partial charge in [-0.25, -0.2) is 9.78 Å². The molecule has 2 unspecified atom stereocenters. The van der Waals surface area contributed by atoms with E-state index in [9.17, 15) is 9.59 Å². The molecule has 0 spiro atoms. The Morgan fingerprint density at radius 1 is 1.14 bits per heavy atom. The molecule has 5 rings (SSSR count). The molecule has 0 bridgehead atoms. The predicted octanol–water partition coefficient (Wildman–Crippen LogP) is 2.64. The highest BCUT2D eigenvalue weighted by atomic mass is 16.4. The van der Waals surface area contributed by atoms with Gasteiger partial charge in [0.25, 0.3) is 5.91 Å². The minimum absolute atomic E-state index is 0.0763. The van der Waals surface area contributed by atoms with Gasteiger partial charge in [0, 0.05) is 25.7 Å². The first-order chi connectivity index (χ1) is 14.2. The van der Waals surface area contributed by atoms with Crippen LogP contribution in [0.3, 0.4) is 0 Å². The lowest BCUT2D eigenvalue weighted by atomic mass is 9.83. The molecule has 2 saturated heterocycles. The molecule has 7 nitrogen and oxygen atoms in total. The van der Waals surface area contributed by atoms with Crippen molar-refractivity contribution in [2.75, 3.05) is 19.6 Å². The van der Waals surface area contributed by atoms with E-state index in [0.717, 1.165) is 45.4 Å². The van der Waals surface area contributed by atoms with Crippen LogP contribution in [-0.4, -0.2) is 51.4 Å². The van der Waals surface area contributed by atoms with E-state index >= 15 is 0 Å². The summed E-state index contributed by atoms with van der Waals surface area (Å²) >= 11 is 0. The molecule has 0 radical (unpaired) electrons. The molecule has 150 valence electrons. The van der Waals surface area contributed by atoms with Crippen LogP contribution in [0.15, 0.2) is 51.7 Å². The van der Waals surface area contributed by atoms with Crippen LogP contribution < -0.4 is 5.76 Å². The average Bonchev–Trinajstić information content (AvgIpc) is 3.13. The van der Waals surface area contributed by atoms with Crippen LogP contribution in [0.25, 0.3) is 11.2 Å². The number of hydrogen-bond acceptors (Lipinski definition) is 5. The maximum absolute atomic E-state index is 13.0. The second-order valence-electron chi connectivity index (χ2n) is 8.02. The monoisotopic (exact) mass is 392 g/mol. The third kappa shape index (κ3) is 3.58. The number of hydrogen-bond donors (Lipinski definition) is 1. The summed E-state index contributed by atoms with van der Waals surface area (Å²) in [6.45, 7) is 3.58. The largest absolute Gasteiger partial charge is 0.418 e. The van der Waals surface area contributed by atoms with Crippen LogP contribution in [0.5, 0.6) is 0 Å². The van der Waals surface area contributed by atoms with E-state index in [1.54, 1.807) is 12.1 Å². The minimum Gasteiger partial charge on any atom is -0.406 e. The van der Waals surface area contributed by atoms with Crippen molar-refractivity contribution in [1.82, 2.24) is 19.8 Å². The zero-order chi connectivity index (χ0) is 19.8. The molecule has 3 aromatic rings. The van der Waals surface area contributed by atoms with Gasteiger partial charge >= 0.3 is 5.76 Å². The number of aromatic nitrogens is 2. The van der Waals surface area contributed by atoms with Crippen molar-refractivity contribution in [2.24, 2.45) is 5.92 Å². The molecule has 2 aliphatic heterocycles. The second-order valence-corrected chi connectivity index (χ2v) is 8.02. The van der Waals surface area contributed by atoms with Gasteiger partial charge in [-0.3, -0.25) is 14.7 Å². The number of benzene rings is 1. The summed E-state index contributed by atoms with van der Waals surface area (Å²) in [4.78, 5) is 35.7. The number of amides is 1. The maximum atomic E-state index is 13.0. The molecule has 4 heterocycles. The molecule has 29 heavy (non-hydrogen) atoms. The van der Waals surface area contributed by atoms with Crippen LogP contribution in [0, 0.1) is 5.92 Å². The van der Waals surface area contributed by atoms with Gasteiger partial charge in [0.2, 0.25) is 0 Å². The number of carbonyl (C=O) groups excluding carboxylic acids is 1. The molecule has 1 N–H and O–H groups in total. The molecule has 0 saturated carbocycles. The first-order valence-electron chi connectivity index (χ1n) is 10.2. The van der Waals surface area contributed by atoms with Crippen LogP contribution in [0.1, 0.15) is 35.3 Å². The van der Waals surface area contributed by atoms with Crippen molar-refractivity contribution in [3.63, 3.8) is 0 Å². The number of nitrogens with one attached hydrogen (secondary N) is 1. The average molecular weight is 392 g/mol. The van der Waals surface area contributed by atoms with Gasteiger partial charge in [0.05, 0.1) is 0 Å². The number of piperidine rings is 2. The highest BCUT2D eigenvalue weighted by molar-refractivity contribution is 5.94. The minimum atomic E-state index is -0.557. The van der Waals surface area contributed by atoms with Crippen molar-refractivity contribution in [3.05, 3.63) is 64.3 Å². The van der Waals surface area contributed by atoms with Crippen LogP contribution in [0.2, 0.25) is 0 Å². The number of oxazole rings is 1. The summed E-state index contributed by atoms with van der Waals surface area (Å²) in [6.07, 6.45) is 3.30. The van der Waals surface area contributed by atoms with Crippen molar-refractivity contribution < 1.29 is 9.21 Å². The lowest BCUT2D eigenvalue weighted by molar-refractivity contribution is 0.0172. The van der Waals surface area contributed by atoms with Crippen molar-refractivity contribution in [3.8, 4) is 0 Å². The van der Waals surface area contributed by atoms with E-state index in [2.05, 4.69) is 45.2 Å². The summed E-state index contributed by atoms with van der Waals surface area (Å²) < 4.78 is 4.98.